The predicted octanol–water partition coefficient (Wildman–Crippen LogP) is 4.08. The lowest BCUT2D eigenvalue weighted by Gasteiger charge is -2.14. The Morgan fingerprint density at radius 1 is 1.16 bits per heavy atom. The molecule has 0 radical (unpaired) electrons. The maximum Gasteiger partial charge on any atom is 0.274 e. The molecule has 0 unspecified atom stereocenters. The molecule has 0 atom stereocenters. The summed E-state index contributed by atoms with van der Waals surface area (Å²) < 4.78 is 39.6. The smallest absolute Gasteiger partial charge is 0.274 e. The van der Waals surface area contributed by atoms with Crippen LogP contribution >= 0.6 is 22.9 Å². The first-order valence-electron chi connectivity index (χ1n) is 7.17. The van der Waals surface area contributed by atoms with Gasteiger partial charge >= 0.3 is 0 Å². The number of nitrogens with one attached hydrogen (secondary N) is 1. The van der Waals surface area contributed by atoms with Crippen LogP contribution in [0.4, 0.5) is 5.69 Å². The summed E-state index contributed by atoms with van der Waals surface area (Å²) in [5.74, 6) is 0.365. The van der Waals surface area contributed by atoms with E-state index in [1.165, 1.54) is 31.6 Å². The maximum absolute atomic E-state index is 12.9. The van der Waals surface area contributed by atoms with Gasteiger partial charge in [-0.2, -0.15) is 0 Å². The number of thiazole rings is 1. The number of aromatic nitrogens is 1. The average Bonchev–Trinajstić information content (AvgIpc) is 3.01. The van der Waals surface area contributed by atoms with Crippen LogP contribution in [0.15, 0.2) is 35.2 Å². The maximum atomic E-state index is 12.9. The minimum absolute atomic E-state index is 0.0984. The highest BCUT2D eigenvalue weighted by Gasteiger charge is 2.23. The summed E-state index contributed by atoms with van der Waals surface area (Å²) in [6.07, 6.45) is 0. The molecule has 6 nitrogen and oxygen atoms in total. The number of hydrogen-bond acceptors (Lipinski definition) is 6. The molecule has 0 aliphatic rings. The SMILES string of the molecule is COc1nc2c(NS(=O)(=O)c3cccc(Cl)c3C)c(OC)ccc2s1. The Morgan fingerprint density at radius 2 is 1.92 bits per heavy atom. The van der Waals surface area contributed by atoms with E-state index < -0.39 is 10.0 Å². The molecule has 2 aromatic carbocycles. The topological polar surface area (TPSA) is 77.5 Å². The van der Waals surface area contributed by atoms with Gasteiger partial charge in [-0.3, -0.25) is 4.72 Å². The zero-order valence-corrected chi connectivity index (χ0v) is 16.1. The number of hydrogen-bond donors (Lipinski definition) is 1. The Morgan fingerprint density at radius 3 is 2.60 bits per heavy atom. The molecule has 0 spiro atoms. The Bertz CT molecular complexity index is 1050. The fourth-order valence-electron chi connectivity index (χ4n) is 2.38. The van der Waals surface area contributed by atoms with Crippen molar-refractivity contribution in [1.82, 2.24) is 4.98 Å². The van der Waals surface area contributed by atoms with Gasteiger partial charge < -0.3 is 9.47 Å². The van der Waals surface area contributed by atoms with E-state index in [1.807, 2.05) is 0 Å². The molecular formula is C16H15ClN2O4S2. The lowest BCUT2D eigenvalue weighted by molar-refractivity contribution is 0.412. The number of rotatable bonds is 5. The molecule has 0 aliphatic heterocycles. The Labute approximate surface area is 154 Å². The van der Waals surface area contributed by atoms with E-state index in [0.717, 1.165) is 4.70 Å². The highest BCUT2D eigenvalue weighted by molar-refractivity contribution is 7.92. The van der Waals surface area contributed by atoms with E-state index in [0.29, 0.717) is 27.0 Å². The van der Waals surface area contributed by atoms with Crippen LogP contribution in [0.25, 0.3) is 10.2 Å². The van der Waals surface area contributed by atoms with Crippen LogP contribution < -0.4 is 14.2 Å². The summed E-state index contributed by atoms with van der Waals surface area (Å²) >= 11 is 7.37. The average molecular weight is 399 g/mol. The zero-order valence-electron chi connectivity index (χ0n) is 13.7. The number of anilines is 1. The molecule has 0 saturated carbocycles. The van der Waals surface area contributed by atoms with Gasteiger partial charge in [-0.25, -0.2) is 13.4 Å². The fraction of sp³-hybridized carbons (Fsp3) is 0.188. The number of benzene rings is 2. The van der Waals surface area contributed by atoms with Crippen molar-refractivity contribution in [2.75, 3.05) is 18.9 Å². The summed E-state index contributed by atoms with van der Waals surface area (Å²) in [6, 6.07) is 8.22. The molecule has 0 bridgehead atoms. The second kappa shape index (κ2) is 6.70. The van der Waals surface area contributed by atoms with Gasteiger partial charge in [0.05, 0.1) is 23.8 Å². The van der Waals surface area contributed by atoms with Gasteiger partial charge in [0.15, 0.2) is 0 Å². The Balaban J connectivity index is 2.16. The second-order valence-corrected chi connectivity index (χ2v) is 8.19. The van der Waals surface area contributed by atoms with Gasteiger partial charge in [0.2, 0.25) is 0 Å². The quantitative estimate of drug-likeness (QED) is 0.700. The molecule has 9 heteroatoms. The second-order valence-electron chi connectivity index (χ2n) is 5.14. The van der Waals surface area contributed by atoms with E-state index in [2.05, 4.69) is 9.71 Å². The largest absolute Gasteiger partial charge is 0.494 e. The zero-order chi connectivity index (χ0) is 18.2. The highest BCUT2D eigenvalue weighted by Crippen LogP contribution is 2.39. The summed E-state index contributed by atoms with van der Waals surface area (Å²) in [5.41, 5.74) is 1.20. The third-order valence-corrected chi connectivity index (χ3v) is 6.53. The third-order valence-electron chi connectivity index (χ3n) is 3.64. The van der Waals surface area contributed by atoms with E-state index in [4.69, 9.17) is 21.1 Å². The number of sulfonamides is 1. The molecule has 132 valence electrons. The van der Waals surface area contributed by atoms with Crippen molar-refractivity contribution >= 4 is 48.9 Å². The van der Waals surface area contributed by atoms with Crippen LogP contribution in [0, 0.1) is 6.92 Å². The first-order valence-corrected chi connectivity index (χ1v) is 9.84. The molecule has 0 aliphatic carbocycles. The van der Waals surface area contributed by atoms with Crippen molar-refractivity contribution in [2.24, 2.45) is 0 Å². The molecule has 25 heavy (non-hydrogen) atoms. The van der Waals surface area contributed by atoms with Gasteiger partial charge in [-0.05, 0) is 36.8 Å². The molecule has 1 heterocycles. The van der Waals surface area contributed by atoms with Crippen LogP contribution in [0.5, 0.6) is 10.9 Å². The summed E-state index contributed by atoms with van der Waals surface area (Å²) in [4.78, 5) is 4.42. The molecule has 1 aromatic heterocycles. The fourth-order valence-corrected chi connectivity index (χ4v) is 4.75. The molecule has 3 rings (SSSR count). The van der Waals surface area contributed by atoms with E-state index in [9.17, 15) is 8.42 Å². The minimum Gasteiger partial charge on any atom is -0.494 e. The van der Waals surface area contributed by atoms with Gasteiger partial charge in [0.1, 0.15) is 17.0 Å². The molecule has 0 amide bonds. The normalized spacial score (nSPS) is 11.5. The molecule has 0 saturated heterocycles. The number of halogens is 1. The number of fused-ring (bicyclic) bond motifs is 1. The van der Waals surface area contributed by atoms with E-state index in [-0.39, 0.29) is 10.6 Å². The third kappa shape index (κ3) is 3.24. The van der Waals surface area contributed by atoms with Gasteiger partial charge in [-0.1, -0.05) is 29.0 Å². The van der Waals surface area contributed by atoms with Gasteiger partial charge in [0, 0.05) is 5.02 Å². The molecular weight excluding hydrogens is 384 g/mol. The number of methoxy groups -OCH3 is 2. The van der Waals surface area contributed by atoms with Crippen LogP contribution in [-0.4, -0.2) is 27.6 Å². The van der Waals surface area contributed by atoms with E-state index in [1.54, 1.807) is 31.2 Å². The summed E-state index contributed by atoms with van der Waals surface area (Å²) in [7, 11) is -0.905. The van der Waals surface area contributed by atoms with Gasteiger partial charge in [0.25, 0.3) is 15.2 Å². The minimum atomic E-state index is -3.88. The predicted molar refractivity (Wildman–Crippen MR) is 99.7 cm³/mol. The number of nitrogens with zero attached hydrogens (tertiary/aromatic N) is 1. The summed E-state index contributed by atoms with van der Waals surface area (Å²) in [5, 5.41) is 0.811. The monoisotopic (exact) mass is 398 g/mol. The van der Waals surface area contributed by atoms with Crippen LogP contribution in [0.2, 0.25) is 5.02 Å². The van der Waals surface area contributed by atoms with E-state index >= 15 is 0 Å². The lowest BCUT2D eigenvalue weighted by atomic mass is 10.2. The van der Waals surface area contributed by atoms with Crippen LogP contribution in [-0.2, 0) is 10.0 Å². The van der Waals surface area contributed by atoms with Crippen molar-refractivity contribution in [3.05, 3.63) is 40.9 Å². The first-order chi connectivity index (χ1) is 11.9. The van der Waals surface area contributed by atoms with Gasteiger partial charge in [-0.15, -0.1) is 0 Å². The van der Waals surface area contributed by atoms with Crippen LogP contribution in [0.1, 0.15) is 5.56 Å². The molecule has 0 fully saturated rings. The standard InChI is InChI=1S/C16H15ClN2O4S2/c1-9-10(17)5-4-6-13(9)25(20,21)19-14-11(22-2)7-8-12-15(14)18-16(23-3)24-12/h4-8,19H,1-3H3. The number of ether oxygens (including phenoxy) is 2. The van der Waals surface area contributed by atoms with Crippen molar-refractivity contribution in [2.45, 2.75) is 11.8 Å². The molecule has 3 aromatic rings. The summed E-state index contributed by atoms with van der Waals surface area (Å²) in [6.45, 7) is 1.65. The Kier molecular flexibility index (Phi) is 4.77. The van der Waals surface area contributed by atoms with Crippen molar-refractivity contribution in [1.29, 1.82) is 0 Å². The van der Waals surface area contributed by atoms with Crippen LogP contribution in [0.3, 0.4) is 0 Å². The molecule has 1 N–H and O–H groups in total. The van der Waals surface area contributed by atoms with Crippen molar-refractivity contribution in [3.63, 3.8) is 0 Å². The van der Waals surface area contributed by atoms with Crippen molar-refractivity contribution < 1.29 is 17.9 Å². The highest BCUT2D eigenvalue weighted by atomic mass is 35.5. The first kappa shape index (κ1) is 17.8. The van der Waals surface area contributed by atoms with Crippen molar-refractivity contribution in [3.8, 4) is 10.9 Å². The lowest BCUT2D eigenvalue weighted by Crippen LogP contribution is -2.15. The Hall–Kier alpha value is -2.03.